The average Bonchev–Trinajstić information content (AvgIpc) is 3.27. The second-order valence-corrected chi connectivity index (χ2v) is 8.70. The maximum absolute atomic E-state index is 13.5. The number of anilines is 1. The van der Waals surface area contributed by atoms with Crippen LogP contribution in [0.1, 0.15) is 17.2 Å². The molecule has 0 saturated carbocycles. The highest BCUT2D eigenvalue weighted by Gasteiger charge is 2.39. The predicted octanol–water partition coefficient (Wildman–Crippen LogP) is 5.36. The van der Waals surface area contributed by atoms with Gasteiger partial charge in [0.25, 0.3) is 0 Å². The van der Waals surface area contributed by atoms with Crippen LogP contribution in [-0.4, -0.2) is 26.0 Å². The number of fused-ring (bicyclic) bond motifs is 1. The number of hydrogen-bond donors (Lipinski definition) is 2. The van der Waals surface area contributed by atoms with Gasteiger partial charge in [-0.1, -0.05) is 84.6 Å². The maximum atomic E-state index is 13.5. The van der Waals surface area contributed by atoms with E-state index in [0.717, 1.165) is 29.0 Å². The minimum atomic E-state index is -4.59. The lowest BCUT2D eigenvalue weighted by molar-refractivity contribution is -0.137. The molecule has 2 N–H and O–H groups in total. The molecule has 0 unspecified atom stereocenters. The Balaban J connectivity index is 1.51. The summed E-state index contributed by atoms with van der Waals surface area (Å²) in [6.45, 7) is 0. The molecule has 0 radical (unpaired) electrons. The molecular formula is C24H18F3N5OS. The topological polar surface area (TPSA) is 71.8 Å². The lowest BCUT2D eigenvalue weighted by atomic mass is 10.0. The Kier molecular flexibility index (Phi) is 5.74. The van der Waals surface area contributed by atoms with E-state index in [4.69, 9.17) is 0 Å². The number of amides is 1. The quantitative estimate of drug-likeness (QED) is 0.411. The summed E-state index contributed by atoms with van der Waals surface area (Å²) in [5.74, 6) is 0.00358. The van der Waals surface area contributed by atoms with Crippen molar-refractivity contribution in [2.75, 3.05) is 10.7 Å². The van der Waals surface area contributed by atoms with Crippen LogP contribution in [0.25, 0.3) is 11.4 Å². The number of aromatic nitrogens is 3. The fourth-order valence-electron chi connectivity index (χ4n) is 3.78. The molecule has 5 rings (SSSR count). The highest BCUT2D eigenvalue weighted by molar-refractivity contribution is 8.00. The van der Waals surface area contributed by atoms with Gasteiger partial charge in [-0.15, -0.1) is 10.2 Å². The predicted molar refractivity (Wildman–Crippen MR) is 124 cm³/mol. The van der Waals surface area contributed by atoms with Crippen LogP contribution in [0.15, 0.2) is 90.1 Å². The van der Waals surface area contributed by atoms with Gasteiger partial charge >= 0.3 is 6.18 Å². The van der Waals surface area contributed by atoms with Crippen molar-refractivity contribution < 1.29 is 18.0 Å². The fraction of sp³-hybridized carbons (Fsp3) is 0.125. The summed E-state index contributed by atoms with van der Waals surface area (Å²) in [6.07, 6.45) is -4.59. The number of nitrogens with one attached hydrogen (secondary N) is 2. The molecule has 1 aliphatic heterocycles. The fourth-order valence-corrected chi connectivity index (χ4v) is 4.86. The number of alkyl halides is 3. The van der Waals surface area contributed by atoms with Crippen LogP contribution in [0.4, 0.5) is 18.9 Å². The van der Waals surface area contributed by atoms with Gasteiger partial charge in [0.15, 0.2) is 5.82 Å². The standard InChI is InChI=1S/C24H18F3N5OS/c25-24(26,27)17-13-7-8-14-18(17)28-22(33)20-19(15-9-3-1-4-10-15)31-32-21(29-30-23(32)34-20)16-11-5-2-6-12-16/h1-14,19-20,31H,(H,28,33)/t19-,20-/m1/s1. The number of benzene rings is 3. The van der Waals surface area contributed by atoms with Crippen molar-refractivity contribution in [1.82, 2.24) is 14.9 Å². The number of para-hydroxylation sites is 1. The van der Waals surface area contributed by atoms with E-state index in [1.54, 1.807) is 4.68 Å². The van der Waals surface area contributed by atoms with Gasteiger partial charge in [-0.25, -0.2) is 4.68 Å². The van der Waals surface area contributed by atoms with E-state index in [2.05, 4.69) is 20.9 Å². The van der Waals surface area contributed by atoms with Crippen LogP contribution in [0.2, 0.25) is 0 Å². The van der Waals surface area contributed by atoms with E-state index in [9.17, 15) is 18.0 Å². The molecule has 10 heteroatoms. The molecule has 1 amide bonds. The van der Waals surface area contributed by atoms with E-state index in [1.807, 2.05) is 60.7 Å². The molecule has 6 nitrogen and oxygen atoms in total. The Bertz CT molecular complexity index is 1310. The van der Waals surface area contributed by atoms with E-state index in [-0.39, 0.29) is 5.69 Å². The monoisotopic (exact) mass is 481 g/mol. The first kappa shape index (κ1) is 22.0. The van der Waals surface area contributed by atoms with Crippen molar-refractivity contribution in [3.8, 4) is 11.4 Å². The molecule has 172 valence electrons. The number of halogens is 3. The summed E-state index contributed by atoms with van der Waals surface area (Å²) in [5, 5.41) is 10.6. The van der Waals surface area contributed by atoms with Gasteiger partial charge in [-0.2, -0.15) is 13.2 Å². The summed E-state index contributed by atoms with van der Waals surface area (Å²) in [5.41, 5.74) is 3.76. The van der Waals surface area contributed by atoms with E-state index in [1.165, 1.54) is 18.2 Å². The third-order valence-corrected chi connectivity index (χ3v) is 6.59. The summed E-state index contributed by atoms with van der Waals surface area (Å²) in [7, 11) is 0. The zero-order valence-electron chi connectivity index (χ0n) is 17.5. The molecule has 0 fully saturated rings. The molecule has 1 aromatic heterocycles. The van der Waals surface area contributed by atoms with Gasteiger partial charge in [-0.3, -0.25) is 4.79 Å². The number of carbonyl (C=O) groups is 1. The Morgan fingerprint density at radius 3 is 2.26 bits per heavy atom. The first-order valence-electron chi connectivity index (χ1n) is 10.4. The molecule has 34 heavy (non-hydrogen) atoms. The Morgan fingerprint density at radius 2 is 1.56 bits per heavy atom. The van der Waals surface area contributed by atoms with Crippen LogP contribution in [-0.2, 0) is 11.0 Å². The highest BCUT2D eigenvalue weighted by Crippen LogP contribution is 2.40. The molecular weight excluding hydrogens is 463 g/mol. The lowest BCUT2D eigenvalue weighted by Crippen LogP contribution is -2.41. The first-order valence-corrected chi connectivity index (χ1v) is 11.3. The van der Waals surface area contributed by atoms with Gasteiger partial charge in [-0.05, 0) is 17.7 Å². The Labute approximate surface area is 197 Å². The molecule has 0 saturated heterocycles. The van der Waals surface area contributed by atoms with Gasteiger partial charge in [0.05, 0.1) is 17.3 Å². The maximum Gasteiger partial charge on any atom is 0.418 e. The zero-order chi connectivity index (χ0) is 23.7. The van der Waals surface area contributed by atoms with Gasteiger partial charge in [0.1, 0.15) is 5.25 Å². The van der Waals surface area contributed by atoms with Gasteiger partial charge < -0.3 is 10.7 Å². The second kappa shape index (κ2) is 8.86. The van der Waals surface area contributed by atoms with Crippen molar-refractivity contribution >= 4 is 23.4 Å². The minimum absolute atomic E-state index is 0.288. The molecule has 4 aromatic rings. The minimum Gasteiger partial charge on any atom is -0.324 e. The van der Waals surface area contributed by atoms with Crippen LogP contribution in [0.5, 0.6) is 0 Å². The molecule has 3 aromatic carbocycles. The Morgan fingerprint density at radius 1 is 0.912 bits per heavy atom. The molecule has 0 aliphatic carbocycles. The molecule has 0 bridgehead atoms. The summed E-state index contributed by atoms with van der Waals surface area (Å²) in [4.78, 5) is 13.3. The van der Waals surface area contributed by atoms with Crippen LogP contribution in [0, 0.1) is 0 Å². The van der Waals surface area contributed by atoms with E-state index in [0.29, 0.717) is 11.0 Å². The SMILES string of the molecule is O=C(Nc1ccccc1C(F)(F)F)[C@@H]1Sc2nnc(-c3ccccc3)n2N[C@@H]1c1ccccc1. The van der Waals surface area contributed by atoms with Crippen LogP contribution >= 0.6 is 11.8 Å². The lowest BCUT2D eigenvalue weighted by Gasteiger charge is -2.33. The van der Waals surface area contributed by atoms with Gasteiger partial charge in [0, 0.05) is 5.56 Å². The number of hydrogen-bond acceptors (Lipinski definition) is 5. The number of carbonyl (C=O) groups excluding carboxylic acids is 1. The Hall–Kier alpha value is -3.79. The van der Waals surface area contributed by atoms with E-state index >= 15 is 0 Å². The third kappa shape index (κ3) is 4.24. The smallest absolute Gasteiger partial charge is 0.324 e. The average molecular weight is 482 g/mol. The summed E-state index contributed by atoms with van der Waals surface area (Å²) < 4.78 is 42.1. The summed E-state index contributed by atoms with van der Waals surface area (Å²) in [6, 6.07) is 23.1. The van der Waals surface area contributed by atoms with Gasteiger partial charge in [0.2, 0.25) is 11.1 Å². The zero-order valence-corrected chi connectivity index (χ0v) is 18.3. The molecule has 1 aliphatic rings. The number of nitrogens with zero attached hydrogens (tertiary/aromatic N) is 3. The van der Waals surface area contributed by atoms with Crippen LogP contribution in [0.3, 0.4) is 0 Å². The summed E-state index contributed by atoms with van der Waals surface area (Å²) >= 11 is 1.15. The number of rotatable bonds is 4. The molecule has 2 atom stereocenters. The van der Waals surface area contributed by atoms with Crippen molar-refractivity contribution in [2.24, 2.45) is 0 Å². The molecule has 2 heterocycles. The second-order valence-electron chi connectivity index (χ2n) is 7.60. The van der Waals surface area contributed by atoms with Crippen molar-refractivity contribution in [3.05, 3.63) is 96.1 Å². The first-order chi connectivity index (χ1) is 16.4. The van der Waals surface area contributed by atoms with Crippen molar-refractivity contribution in [1.29, 1.82) is 0 Å². The van der Waals surface area contributed by atoms with E-state index < -0.39 is 28.9 Å². The normalized spacial score (nSPS) is 17.5. The number of thioether (sulfide) groups is 1. The van der Waals surface area contributed by atoms with Crippen molar-refractivity contribution in [2.45, 2.75) is 22.6 Å². The largest absolute Gasteiger partial charge is 0.418 e. The highest BCUT2D eigenvalue weighted by atomic mass is 32.2. The van der Waals surface area contributed by atoms with Crippen LogP contribution < -0.4 is 10.7 Å². The van der Waals surface area contributed by atoms with Crippen molar-refractivity contribution in [3.63, 3.8) is 0 Å². The third-order valence-electron chi connectivity index (χ3n) is 5.38. The molecule has 0 spiro atoms.